The van der Waals surface area contributed by atoms with Crippen molar-refractivity contribution in [1.29, 1.82) is 0 Å². The van der Waals surface area contributed by atoms with E-state index in [1.807, 2.05) is 0 Å². The molecular weight excluding hydrogens is 316 g/mol. The Labute approximate surface area is 124 Å². The summed E-state index contributed by atoms with van der Waals surface area (Å²) in [6.07, 6.45) is 5.17. The molecule has 0 spiro atoms. The van der Waals surface area contributed by atoms with E-state index in [1.54, 1.807) is 0 Å². The second-order valence-corrected chi connectivity index (χ2v) is 7.38. The summed E-state index contributed by atoms with van der Waals surface area (Å²) in [7, 11) is -3.79. The van der Waals surface area contributed by atoms with Crippen molar-refractivity contribution in [2.75, 3.05) is 4.72 Å². The molecule has 0 bridgehead atoms. The van der Waals surface area contributed by atoms with Crippen molar-refractivity contribution in [2.45, 2.75) is 30.7 Å². The standard InChI is InChI=1S/C11H12N4O4S2/c16-10(17)6-15-5-7(4-12-15)21(18,19)14-11-13-8-2-1-3-9(8)20-11/h4-5H,1-3,6H2,(H,13,14)(H,16,17). The number of thiazole rings is 1. The number of rotatable bonds is 5. The van der Waals surface area contributed by atoms with Crippen molar-refractivity contribution in [3.63, 3.8) is 0 Å². The van der Waals surface area contributed by atoms with Crippen LogP contribution >= 0.6 is 11.3 Å². The minimum atomic E-state index is -3.79. The van der Waals surface area contributed by atoms with E-state index in [2.05, 4.69) is 14.8 Å². The average molecular weight is 328 g/mol. The maximum Gasteiger partial charge on any atom is 0.325 e. The number of aryl methyl sites for hydroxylation is 2. The maximum atomic E-state index is 12.2. The fourth-order valence-corrected chi connectivity index (χ4v) is 4.35. The van der Waals surface area contributed by atoms with Crippen LogP contribution in [0.1, 0.15) is 17.0 Å². The van der Waals surface area contributed by atoms with Crippen LogP contribution in [0.3, 0.4) is 0 Å². The molecule has 0 amide bonds. The Morgan fingerprint density at radius 3 is 3.00 bits per heavy atom. The number of aromatic nitrogens is 3. The first-order valence-corrected chi connectivity index (χ1v) is 8.50. The predicted molar refractivity (Wildman–Crippen MR) is 74.8 cm³/mol. The summed E-state index contributed by atoms with van der Waals surface area (Å²) in [5, 5.41) is 12.7. The molecule has 112 valence electrons. The van der Waals surface area contributed by atoms with Crippen molar-refractivity contribution in [3.05, 3.63) is 23.0 Å². The van der Waals surface area contributed by atoms with Gasteiger partial charge in [-0.25, -0.2) is 13.4 Å². The Morgan fingerprint density at radius 1 is 1.48 bits per heavy atom. The zero-order chi connectivity index (χ0) is 15.0. The Balaban J connectivity index is 1.79. The molecule has 21 heavy (non-hydrogen) atoms. The fourth-order valence-electron chi connectivity index (χ4n) is 2.12. The topological polar surface area (TPSA) is 114 Å². The summed E-state index contributed by atoms with van der Waals surface area (Å²) in [5.41, 5.74) is 0.958. The Kier molecular flexibility index (Phi) is 3.41. The van der Waals surface area contributed by atoms with E-state index in [0.29, 0.717) is 5.13 Å². The van der Waals surface area contributed by atoms with Crippen molar-refractivity contribution in [2.24, 2.45) is 0 Å². The zero-order valence-electron chi connectivity index (χ0n) is 10.8. The minimum absolute atomic E-state index is 0.0842. The van der Waals surface area contributed by atoms with Crippen molar-refractivity contribution >= 4 is 32.5 Å². The molecule has 0 fully saturated rings. The normalized spacial score (nSPS) is 14.1. The number of carboxylic acids is 1. The van der Waals surface area contributed by atoms with Gasteiger partial charge in [0.1, 0.15) is 11.4 Å². The number of hydrogen-bond donors (Lipinski definition) is 2. The Bertz CT molecular complexity index is 772. The van der Waals surface area contributed by atoms with Crippen molar-refractivity contribution < 1.29 is 18.3 Å². The van der Waals surface area contributed by atoms with Crippen LogP contribution in [0.4, 0.5) is 5.13 Å². The Morgan fingerprint density at radius 2 is 2.29 bits per heavy atom. The highest BCUT2D eigenvalue weighted by Crippen LogP contribution is 2.31. The fraction of sp³-hybridized carbons (Fsp3) is 0.364. The molecule has 0 saturated heterocycles. The molecule has 2 aromatic rings. The summed E-state index contributed by atoms with van der Waals surface area (Å²) in [4.78, 5) is 15.9. The van der Waals surface area contributed by atoms with Gasteiger partial charge in [0, 0.05) is 11.1 Å². The van der Waals surface area contributed by atoms with E-state index in [0.717, 1.165) is 40.7 Å². The molecule has 0 aromatic carbocycles. The van der Waals surface area contributed by atoms with Crippen LogP contribution in [0.25, 0.3) is 0 Å². The van der Waals surface area contributed by atoms with Gasteiger partial charge in [-0.2, -0.15) is 5.10 Å². The largest absolute Gasteiger partial charge is 0.480 e. The van der Waals surface area contributed by atoms with Crippen LogP contribution in [-0.4, -0.2) is 34.3 Å². The van der Waals surface area contributed by atoms with Crippen LogP contribution in [0, 0.1) is 0 Å². The molecule has 0 atom stereocenters. The van der Waals surface area contributed by atoms with Gasteiger partial charge in [-0.15, -0.1) is 11.3 Å². The summed E-state index contributed by atoms with van der Waals surface area (Å²) in [5.74, 6) is -1.09. The molecule has 0 unspecified atom stereocenters. The predicted octanol–water partition coefficient (Wildman–Crippen LogP) is 0.714. The van der Waals surface area contributed by atoms with Crippen LogP contribution < -0.4 is 4.72 Å². The van der Waals surface area contributed by atoms with E-state index in [4.69, 9.17) is 5.11 Å². The van der Waals surface area contributed by atoms with Gasteiger partial charge in [0.05, 0.1) is 11.9 Å². The number of anilines is 1. The summed E-state index contributed by atoms with van der Waals surface area (Å²) in [6.45, 7) is -0.388. The zero-order valence-corrected chi connectivity index (χ0v) is 12.4. The number of carbonyl (C=O) groups is 1. The van der Waals surface area contributed by atoms with Gasteiger partial charge in [-0.1, -0.05) is 0 Å². The number of hydrogen-bond acceptors (Lipinski definition) is 6. The Hall–Kier alpha value is -1.94. The molecule has 0 radical (unpaired) electrons. The third-order valence-electron chi connectivity index (χ3n) is 3.03. The molecule has 1 aliphatic carbocycles. The minimum Gasteiger partial charge on any atom is -0.480 e. The number of nitrogens with zero attached hydrogens (tertiary/aromatic N) is 3. The number of nitrogens with one attached hydrogen (secondary N) is 1. The van der Waals surface area contributed by atoms with Crippen LogP contribution in [0.2, 0.25) is 0 Å². The number of fused-ring (bicyclic) bond motifs is 1. The summed E-state index contributed by atoms with van der Waals surface area (Å²) in [6, 6.07) is 0. The molecule has 2 N–H and O–H groups in total. The monoisotopic (exact) mass is 328 g/mol. The van der Waals surface area contributed by atoms with Gasteiger partial charge in [0.25, 0.3) is 10.0 Å². The third-order valence-corrected chi connectivity index (χ3v) is 5.53. The molecule has 2 aromatic heterocycles. The highest BCUT2D eigenvalue weighted by molar-refractivity contribution is 7.93. The van der Waals surface area contributed by atoms with Gasteiger partial charge >= 0.3 is 5.97 Å². The summed E-state index contributed by atoms with van der Waals surface area (Å²) < 4.78 is 27.8. The first kappa shape index (κ1) is 14.0. The second-order valence-electron chi connectivity index (χ2n) is 4.62. The lowest BCUT2D eigenvalue weighted by Crippen LogP contribution is -2.13. The van der Waals surface area contributed by atoms with Gasteiger partial charge in [0.2, 0.25) is 0 Å². The SMILES string of the molecule is O=C(O)Cn1cc(S(=O)(=O)Nc2nc3c(s2)CCC3)cn1. The first-order valence-electron chi connectivity index (χ1n) is 6.20. The molecular formula is C11H12N4O4S2. The van der Waals surface area contributed by atoms with E-state index in [1.165, 1.54) is 17.5 Å². The third kappa shape index (κ3) is 2.90. The lowest BCUT2D eigenvalue weighted by molar-refractivity contribution is -0.137. The number of aliphatic carboxylic acids is 1. The van der Waals surface area contributed by atoms with Gasteiger partial charge in [-0.3, -0.25) is 14.2 Å². The highest BCUT2D eigenvalue weighted by Gasteiger charge is 2.22. The van der Waals surface area contributed by atoms with Crippen LogP contribution in [0.5, 0.6) is 0 Å². The molecule has 2 heterocycles. The molecule has 0 saturated carbocycles. The smallest absolute Gasteiger partial charge is 0.325 e. The van der Waals surface area contributed by atoms with E-state index >= 15 is 0 Å². The van der Waals surface area contributed by atoms with Gasteiger partial charge < -0.3 is 5.11 Å². The van der Waals surface area contributed by atoms with Gasteiger partial charge in [0.15, 0.2) is 5.13 Å². The van der Waals surface area contributed by atoms with Crippen LogP contribution in [0.15, 0.2) is 17.3 Å². The van der Waals surface area contributed by atoms with E-state index in [-0.39, 0.29) is 11.4 Å². The van der Waals surface area contributed by atoms with Gasteiger partial charge in [-0.05, 0) is 19.3 Å². The van der Waals surface area contributed by atoms with Crippen molar-refractivity contribution in [1.82, 2.24) is 14.8 Å². The average Bonchev–Trinajstić information content (AvgIpc) is 3.02. The summed E-state index contributed by atoms with van der Waals surface area (Å²) >= 11 is 1.34. The molecule has 1 aliphatic rings. The second kappa shape index (κ2) is 5.11. The maximum absolute atomic E-state index is 12.2. The lowest BCUT2D eigenvalue weighted by atomic mass is 10.4. The van der Waals surface area contributed by atoms with E-state index in [9.17, 15) is 13.2 Å². The number of sulfonamides is 1. The molecule has 3 rings (SSSR count). The quantitative estimate of drug-likeness (QED) is 0.835. The molecule has 10 heteroatoms. The lowest BCUT2D eigenvalue weighted by Gasteiger charge is -2.02. The van der Waals surface area contributed by atoms with Crippen LogP contribution in [-0.2, 0) is 34.2 Å². The number of carboxylic acid groups (broad SMARTS) is 1. The first-order chi connectivity index (χ1) is 9.94. The molecule has 8 nitrogen and oxygen atoms in total. The van der Waals surface area contributed by atoms with Crippen molar-refractivity contribution in [3.8, 4) is 0 Å². The van der Waals surface area contributed by atoms with E-state index < -0.39 is 16.0 Å². The highest BCUT2D eigenvalue weighted by atomic mass is 32.2. The molecule has 0 aliphatic heterocycles.